The van der Waals surface area contributed by atoms with Crippen LogP contribution in [0.4, 0.5) is 11.5 Å². The molecule has 0 saturated heterocycles. The highest BCUT2D eigenvalue weighted by atomic mass is 32.2. The lowest BCUT2D eigenvalue weighted by Crippen LogP contribution is -2.14. The third kappa shape index (κ3) is 5.07. The number of amides is 1. The molecule has 1 aromatic heterocycles. The maximum absolute atomic E-state index is 12.2. The number of hydrogen-bond acceptors (Lipinski definition) is 5. The number of anilines is 2. The largest absolute Gasteiger partial charge is 0.373 e. The first kappa shape index (κ1) is 17.9. The van der Waals surface area contributed by atoms with Crippen LogP contribution in [-0.2, 0) is 11.2 Å². The molecule has 6 heteroatoms. The Kier molecular flexibility index (Phi) is 5.86. The summed E-state index contributed by atoms with van der Waals surface area (Å²) in [7, 11) is 1.82. The van der Waals surface area contributed by atoms with Crippen LogP contribution in [0, 0.1) is 6.92 Å². The van der Waals surface area contributed by atoms with Gasteiger partial charge in [-0.15, -0.1) is 0 Å². The molecule has 5 nitrogen and oxygen atoms in total. The molecule has 2 aromatic carbocycles. The highest BCUT2D eigenvalue weighted by molar-refractivity contribution is 7.99. The molecule has 0 saturated carbocycles. The van der Waals surface area contributed by atoms with Crippen LogP contribution >= 0.6 is 11.8 Å². The second kappa shape index (κ2) is 8.49. The van der Waals surface area contributed by atoms with Crippen molar-refractivity contribution in [2.75, 3.05) is 17.7 Å². The van der Waals surface area contributed by atoms with E-state index in [1.807, 2.05) is 68.6 Å². The predicted octanol–water partition coefficient (Wildman–Crippen LogP) is 4.16. The van der Waals surface area contributed by atoms with E-state index >= 15 is 0 Å². The summed E-state index contributed by atoms with van der Waals surface area (Å²) in [4.78, 5) is 21.6. The van der Waals surface area contributed by atoms with Crippen molar-refractivity contribution in [3.8, 4) is 0 Å². The van der Waals surface area contributed by atoms with Crippen molar-refractivity contribution in [2.24, 2.45) is 0 Å². The first-order chi connectivity index (χ1) is 12.6. The van der Waals surface area contributed by atoms with E-state index in [-0.39, 0.29) is 5.91 Å². The Hall–Kier alpha value is -2.86. The zero-order valence-corrected chi connectivity index (χ0v) is 15.5. The van der Waals surface area contributed by atoms with Crippen molar-refractivity contribution < 1.29 is 4.79 Å². The molecule has 0 bridgehead atoms. The Bertz CT molecular complexity index is 879. The topological polar surface area (TPSA) is 66.9 Å². The van der Waals surface area contributed by atoms with Gasteiger partial charge in [0.15, 0.2) is 0 Å². The summed E-state index contributed by atoms with van der Waals surface area (Å²) in [5.41, 5.74) is 2.97. The van der Waals surface area contributed by atoms with E-state index in [4.69, 9.17) is 0 Å². The summed E-state index contributed by atoms with van der Waals surface area (Å²) in [6.45, 7) is 2.03. The number of aryl methyl sites for hydroxylation is 1. The fourth-order valence-corrected chi connectivity index (χ4v) is 3.14. The van der Waals surface area contributed by atoms with Crippen LogP contribution in [-0.4, -0.2) is 22.9 Å². The van der Waals surface area contributed by atoms with E-state index in [0.29, 0.717) is 6.42 Å². The summed E-state index contributed by atoms with van der Waals surface area (Å²) in [6.07, 6.45) is 1.90. The van der Waals surface area contributed by atoms with Gasteiger partial charge in [0.2, 0.25) is 5.91 Å². The third-order valence-corrected chi connectivity index (χ3v) is 4.68. The molecule has 0 spiro atoms. The molecule has 132 valence electrons. The van der Waals surface area contributed by atoms with Crippen LogP contribution in [0.1, 0.15) is 11.1 Å². The lowest BCUT2D eigenvalue weighted by Gasteiger charge is -2.07. The van der Waals surface area contributed by atoms with E-state index in [0.717, 1.165) is 27.0 Å². The molecule has 0 atom stereocenters. The van der Waals surface area contributed by atoms with Crippen molar-refractivity contribution in [2.45, 2.75) is 23.3 Å². The van der Waals surface area contributed by atoms with Crippen LogP contribution < -0.4 is 10.6 Å². The normalized spacial score (nSPS) is 10.4. The highest BCUT2D eigenvalue weighted by Gasteiger charge is 2.05. The van der Waals surface area contributed by atoms with E-state index in [9.17, 15) is 4.79 Å². The second-order valence-electron chi connectivity index (χ2n) is 5.83. The van der Waals surface area contributed by atoms with Crippen molar-refractivity contribution >= 4 is 29.2 Å². The molecule has 0 aliphatic carbocycles. The smallest absolute Gasteiger partial charge is 0.228 e. The monoisotopic (exact) mass is 364 g/mol. The summed E-state index contributed by atoms with van der Waals surface area (Å²) >= 11 is 1.54. The first-order valence-electron chi connectivity index (χ1n) is 8.25. The minimum atomic E-state index is -0.0243. The lowest BCUT2D eigenvalue weighted by atomic mass is 10.1. The van der Waals surface area contributed by atoms with E-state index in [2.05, 4.69) is 20.6 Å². The van der Waals surface area contributed by atoms with Gasteiger partial charge in [-0.2, -0.15) is 0 Å². The van der Waals surface area contributed by atoms with Crippen molar-refractivity contribution in [1.82, 2.24) is 9.97 Å². The molecule has 0 unspecified atom stereocenters. The van der Waals surface area contributed by atoms with Crippen molar-refractivity contribution in [3.63, 3.8) is 0 Å². The summed E-state index contributed by atoms with van der Waals surface area (Å²) < 4.78 is 0. The molecule has 1 amide bonds. The molecular weight excluding hydrogens is 344 g/mol. The minimum absolute atomic E-state index is 0.0243. The number of hydrogen-bond donors (Lipinski definition) is 2. The quantitative estimate of drug-likeness (QED) is 0.643. The Morgan fingerprint density at radius 1 is 1.04 bits per heavy atom. The van der Waals surface area contributed by atoms with Crippen LogP contribution in [0.5, 0.6) is 0 Å². The molecule has 0 fully saturated rings. The van der Waals surface area contributed by atoms with Gasteiger partial charge < -0.3 is 10.6 Å². The van der Waals surface area contributed by atoms with Gasteiger partial charge in [-0.05, 0) is 36.8 Å². The number of carbonyl (C=O) groups is 1. The van der Waals surface area contributed by atoms with Gasteiger partial charge in [-0.1, -0.05) is 41.6 Å². The van der Waals surface area contributed by atoms with Gasteiger partial charge in [0.25, 0.3) is 0 Å². The zero-order chi connectivity index (χ0) is 18.4. The van der Waals surface area contributed by atoms with Gasteiger partial charge in [-0.25, -0.2) is 9.97 Å². The van der Waals surface area contributed by atoms with Gasteiger partial charge >= 0.3 is 0 Å². The van der Waals surface area contributed by atoms with Crippen LogP contribution in [0.3, 0.4) is 0 Å². The molecular formula is C20H20N4OS. The van der Waals surface area contributed by atoms with Crippen molar-refractivity contribution in [1.29, 1.82) is 0 Å². The van der Waals surface area contributed by atoms with Gasteiger partial charge in [0.1, 0.15) is 17.2 Å². The Morgan fingerprint density at radius 2 is 1.77 bits per heavy atom. The number of rotatable bonds is 6. The maximum atomic E-state index is 12.2. The average Bonchev–Trinajstić information content (AvgIpc) is 2.65. The fraction of sp³-hybridized carbons (Fsp3) is 0.150. The molecule has 3 aromatic rings. The zero-order valence-electron chi connectivity index (χ0n) is 14.7. The molecule has 0 radical (unpaired) electrons. The predicted molar refractivity (Wildman–Crippen MR) is 106 cm³/mol. The Balaban J connectivity index is 1.58. The van der Waals surface area contributed by atoms with Gasteiger partial charge in [0, 0.05) is 23.7 Å². The highest BCUT2D eigenvalue weighted by Crippen LogP contribution is 2.27. The molecule has 2 N–H and O–H groups in total. The molecule has 0 aliphatic rings. The molecule has 3 rings (SSSR count). The number of carbonyl (C=O) groups excluding carboxylic acids is 1. The maximum Gasteiger partial charge on any atom is 0.228 e. The lowest BCUT2D eigenvalue weighted by molar-refractivity contribution is -0.115. The second-order valence-corrected chi connectivity index (χ2v) is 6.92. The van der Waals surface area contributed by atoms with Crippen LogP contribution in [0.2, 0.25) is 0 Å². The van der Waals surface area contributed by atoms with E-state index < -0.39 is 0 Å². The van der Waals surface area contributed by atoms with E-state index in [1.165, 1.54) is 11.9 Å². The summed E-state index contributed by atoms with van der Waals surface area (Å²) in [5, 5.41) is 6.79. The average molecular weight is 364 g/mol. The number of aromatic nitrogens is 2. The standard InChI is InChI=1S/C20H20N4OS/c1-14-3-5-15(6-4-14)11-19(25)24-16-7-9-17(10-8-16)26-20-12-18(21-2)22-13-23-20/h3-10,12-13H,11H2,1-2H3,(H,24,25)(H,21,22,23). The number of benzene rings is 2. The van der Waals surface area contributed by atoms with Gasteiger partial charge in [-0.3, -0.25) is 4.79 Å². The Morgan fingerprint density at radius 3 is 2.46 bits per heavy atom. The van der Waals surface area contributed by atoms with Crippen molar-refractivity contribution in [3.05, 3.63) is 72.1 Å². The van der Waals surface area contributed by atoms with E-state index in [1.54, 1.807) is 11.8 Å². The number of nitrogens with zero attached hydrogens (tertiary/aromatic N) is 2. The van der Waals surface area contributed by atoms with Gasteiger partial charge in [0.05, 0.1) is 6.42 Å². The Labute approximate surface area is 157 Å². The molecule has 1 heterocycles. The van der Waals surface area contributed by atoms with Crippen LogP contribution in [0.25, 0.3) is 0 Å². The molecule has 26 heavy (non-hydrogen) atoms. The fourth-order valence-electron chi connectivity index (χ4n) is 2.36. The first-order valence-corrected chi connectivity index (χ1v) is 9.07. The summed E-state index contributed by atoms with van der Waals surface area (Å²) in [5.74, 6) is 0.756. The minimum Gasteiger partial charge on any atom is -0.373 e. The third-order valence-electron chi connectivity index (χ3n) is 3.74. The SMILES string of the molecule is CNc1cc(Sc2ccc(NC(=O)Cc3ccc(C)cc3)cc2)ncn1. The molecule has 0 aliphatic heterocycles. The number of nitrogens with one attached hydrogen (secondary N) is 2. The van der Waals surface area contributed by atoms with Crippen LogP contribution in [0.15, 0.2) is 70.8 Å². The summed E-state index contributed by atoms with van der Waals surface area (Å²) in [6, 6.07) is 17.6.